The van der Waals surface area contributed by atoms with Gasteiger partial charge in [0.2, 0.25) is 0 Å². The molecule has 0 aliphatic carbocycles. The molecule has 0 aliphatic rings. The van der Waals surface area contributed by atoms with Crippen molar-refractivity contribution in [3.63, 3.8) is 0 Å². The van der Waals surface area contributed by atoms with E-state index in [2.05, 4.69) is 4.98 Å². The number of aromatic nitrogens is 1. The third-order valence-corrected chi connectivity index (χ3v) is 3.04. The van der Waals surface area contributed by atoms with Crippen LogP contribution in [0, 0.1) is 6.92 Å². The van der Waals surface area contributed by atoms with Gasteiger partial charge in [-0.1, -0.05) is 30.3 Å². The van der Waals surface area contributed by atoms with Crippen LogP contribution in [0.15, 0.2) is 48.8 Å². The molecule has 2 aromatic rings. The topological polar surface area (TPSA) is 30.0 Å². The van der Waals surface area contributed by atoms with Gasteiger partial charge >= 0.3 is 0 Å². The molecule has 2 heteroatoms. The van der Waals surface area contributed by atoms with Gasteiger partial charge in [-0.15, -0.1) is 0 Å². The number of carbonyl (C=O) groups is 1. The minimum Gasteiger partial charge on any atom is -0.294 e. The molecule has 2 rings (SSSR count). The lowest BCUT2D eigenvalue weighted by Gasteiger charge is -2.04. The predicted octanol–water partition coefficient (Wildman–Crippen LogP) is 3.60. The molecular weight excluding hydrogens is 222 g/mol. The van der Waals surface area contributed by atoms with Gasteiger partial charge in [0.1, 0.15) is 0 Å². The second-order valence-corrected chi connectivity index (χ2v) is 4.45. The molecule has 0 aliphatic heterocycles. The summed E-state index contributed by atoms with van der Waals surface area (Å²) in [6, 6.07) is 11.7. The van der Waals surface area contributed by atoms with Crippen LogP contribution < -0.4 is 0 Å². The van der Waals surface area contributed by atoms with Crippen LogP contribution in [0.25, 0.3) is 0 Å². The Bertz CT molecular complexity index is 520. The van der Waals surface area contributed by atoms with E-state index in [1.807, 2.05) is 49.5 Å². The SMILES string of the molecule is Cc1ccccc1C(=O)CCCc1cccnc1. The largest absolute Gasteiger partial charge is 0.294 e. The van der Waals surface area contributed by atoms with E-state index in [1.165, 1.54) is 5.56 Å². The van der Waals surface area contributed by atoms with Gasteiger partial charge in [-0.05, 0) is 37.0 Å². The highest BCUT2D eigenvalue weighted by atomic mass is 16.1. The summed E-state index contributed by atoms with van der Waals surface area (Å²) < 4.78 is 0. The smallest absolute Gasteiger partial charge is 0.163 e. The second-order valence-electron chi connectivity index (χ2n) is 4.45. The van der Waals surface area contributed by atoms with Crippen molar-refractivity contribution >= 4 is 5.78 Å². The molecule has 0 atom stereocenters. The van der Waals surface area contributed by atoms with Crippen LogP contribution in [-0.2, 0) is 6.42 Å². The molecule has 1 aromatic carbocycles. The number of Topliss-reactive ketones (excluding diaryl/α,β-unsaturated/α-hetero) is 1. The predicted molar refractivity (Wildman–Crippen MR) is 72.7 cm³/mol. The van der Waals surface area contributed by atoms with E-state index in [-0.39, 0.29) is 5.78 Å². The number of aryl methyl sites for hydroxylation is 2. The van der Waals surface area contributed by atoms with Gasteiger partial charge in [0.15, 0.2) is 5.78 Å². The first-order valence-corrected chi connectivity index (χ1v) is 6.25. The van der Waals surface area contributed by atoms with Crippen LogP contribution in [0.3, 0.4) is 0 Å². The molecule has 1 aromatic heterocycles. The molecule has 18 heavy (non-hydrogen) atoms. The van der Waals surface area contributed by atoms with Crippen molar-refractivity contribution in [2.45, 2.75) is 26.2 Å². The molecule has 0 amide bonds. The molecule has 0 spiro atoms. The number of pyridine rings is 1. The van der Waals surface area contributed by atoms with E-state index in [9.17, 15) is 4.79 Å². The zero-order chi connectivity index (χ0) is 12.8. The Balaban J connectivity index is 1.88. The average Bonchev–Trinajstić information content (AvgIpc) is 2.40. The number of nitrogens with zero attached hydrogens (tertiary/aromatic N) is 1. The number of hydrogen-bond donors (Lipinski definition) is 0. The van der Waals surface area contributed by atoms with Crippen LogP contribution >= 0.6 is 0 Å². The summed E-state index contributed by atoms with van der Waals surface area (Å²) in [5.41, 5.74) is 3.10. The van der Waals surface area contributed by atoms with Crippen molar-refractivity contribution in [1.82, 2.24) is 4.98 Å². The van der Waals surface area contributed by atoms with Crippen LogP contribution in [-0.4, -0.2) is 10.8 Å². The van der Waals surface area contributed by atoms with Crippen LogP contribution in [0.5, 0.6) is 0 Å². The Hall–Kier alpha value is -1.96. The normalized spacial score (nSPS) is 10.3. The van der Waals surface area contributed by atoms with E-state index in [0.717, 1.165) is 24.0 Å². The van der Waals surface area contributed by atoms with Crippen molar-refractivity contribution < 1.29 is 4.79 Å². The van der Waals surface area contributed by atoms with E-state index in [0.29, 0.717) is 6.42 Å². The molecule has 0 unspecified atom stereocenters. The summed E-state index contributed by atoms with van der Waals surface area (Å²) in [5.74, 6) is 0.233. The van der Waals surface area contributed by atoms with Crippen molar-refractivity contribution in [1.29, 1.82) is 0 Å². The van der Waals surface area contributed by atoms with Gasteiger partial charge in [0.05, 0.1) is 0 Å². The van der Waals surface area contributed by atoms with Crippen molar-refractivity contribution in [2.75, 3.05) is 0 Å². The third-order valence-electron chi connectivity index (χ3n) is 3.04. The summed E-state index contributed by atoms with van der Waals surface area (Å²) in [6.45, 7) is 1.98. The molecule has 0 radical (unpaired) electrons. The standard InChI is InChI=1S/C16H17NO/c1-13-6-2-3-9-15(13)16(18)10-4-7-14-8-5-11-17-12-14/h2-3,5-6,8-9,11-12H,4,7,10H2,1H3. The molecule has 92 valence electrons. The van der Waals surface area contributed by atoms with E-state index in [1.54, 1.807) is 6.20 Å². The van der Waals surface area contributed by atoms with E-state index >= 15 is 0 Å². The Morgan fingerprint density at radius 2 is 2.00 bits per heavy atom. The highest BCUT2D eigenvalue weighted by Gasteiger charge is 2.07. The van der Waals surface area contributed by atoms with Gasteiger partial charge < -0.3 is 0 Å². The Morgan fingerprint density at radius 1 is 1.17 bits per heavy atom. The highest BCUT2D eigenvalue weighted by Crippen LogP contribution is 2.12. The van der Waals surface area contributed by atoms with Crippen molar-refractivity contribution in [3.8, 4) is 0 Å². The highest BCUT2D eigenvalue weighted by molar-refractivity contribution is 5.97. The Labute approximate surface area is 108 Å². The summed E-state index contributed by atoms with van der Waals surface area (Å²) in [5, 5.41) is 0. The lowest BCUT2D eigenvalue weighted by Crippen LogP contribution is -2.02. The molecule has 1 heterocycles. The first-order valence-electron chi connectivity index (χ1n) is 6.25. The van der Waals surface area contributed by atoms with E-state index in [4.69, 9.17) is 0 Å². The number of ketones is 1. The minimum atomic E-state index is 0.233. The van der Waals surface area contributed by atoms with Crippen LogP contribution in [0.4, 0.5) is 0 Å². The molecule has 0 fully saturated rings. The van der Waals surface area contributed by atoms with Gasteiger partial charge in [-0.2, -0.15) is 0 Å². The molecule has 0 saturated carbocycles. The van der Waals surface area contributed by atoms with Gasteiger partial charge in [-0.25, -0.2) is 0 Å². The lowest BCUT2D eigenvalue weighted by atomic mass is 10.00. The zero-order valence-electron chi connectivity index (χ0n) is 10.6. The third kappa shape index (κ3) is 3.27. The fourth-order valence-electron chi connectivity index (χ4n) is 2.02. The van der Waals surface area contributed by atoms with Crippen molar-refractivity contribution in [2.24, 2.45) is 0 Å². The number of rotatable bonds is 5. The maximum Gasteiger partial charge on any atom is 0.163 e. The van der Waals surface area contributed by atoms with Crippen LogP contribution in [0.1, 0.15) is 34.3 Å². The first-order chi connectivity index (χ1) is 8.77. The first kappa shape index (κ1) is 12.5. The summed E-state index contributed by atoms with van der Waals surface area (Å²) >= 11 is 0. The lowest BCUT2D eigenvalue weighted by molar-refractivity contribution is 0.0979. The molecule has 0 saturated heterocycles. The fourth-order valence-corrected chi connectivity index (χ4v) is 2.02. The Kier molecular flexibility index (Phi) is 4.24. The quantitative estimate of drug-likeness (QED) is 0.746. The van der Waals surface area contributed by atoms with E-state index < -0.39 is 0 Å². The Morgan fingerprint density at radius 3 is 2.72 bits per heavy atom. The zero-order valence-corrected chi connectivity index (χ0v) is 10.6. The van der Waals surface area contributed by atoms with Crippen LogP contribution in [0.2, 0.25) is 0 Å². The second kappa shape index (κ2) is 6.10. The number of carbonyl (C=O) groups excluding carboxylic acids is 1. The van der Waals surface area contributed by atoms with Crippen molar-refractivity contribution in [3.05, 3.63) is 65.5 Å². The van der Waals surface area contributed by atoms with Gasteiger partial charge in [0, 0.05) is 24.4 Å². The molecular formula is C16H17NO. The monoisotopic (exact) mass is 239 g/mol. The average molecular weight is 239 g/mol. The summed E-state index contributed by atoms with van der Waals surface area (Å²) in [4.78, 5) is 16.1. The summed E-state index contributed by atoms with van der Waals surface area (Å²) in [6.07, 6.45) is 6.00. The molecule has 0 N–H and O–H groups in total. The van der Waals surface area contributed by atoms with Gasteiger partial charge in [0.25, 0.3) is 0 Å². The van der Waals surface area contributed by atoms with Gasteiger partial charge in [-0.3, -0.25) is 9.78 Å². The number of hydrogen-bond acceptors (Lipinski definition) is 2. The number of benzene rings is 1. The minimum absolute atomic E-state index is 0.233. The molecule has 2 nitrogen and oxygen atoms in total. The molecule has 0 bridgehead atoms. The fraction of sp³-hybridized carbons (Fsp3) is 0.250. The summed E-state index contributed by atoms with van der Waals surface area (Å²) in [7, 11) is 0. The maximum absolute atomic E-state index is 12.0. The maximum atomic E-state index is 12.0.